The van der Waals surface area contributed by atoms with Gasteiger partial charge in [-0.05, 0) is 61.4 Å². The summed E-state index contributed by atoms with van der Waals surface area (Å²) in [6.07, 6.45) is 0. The molecule has 0 saturated heterocycles. The van der Waals surface area contributed by atoms with Crippen LogP contribution in [0.25, 0.3) is 0 Å². The molecule has 0 unspecified atom stereocenters. The number of anilines is 2. The SMILES string of the molecule is Cc1ccc(C)c(S(=O)(=O)Nc2cccc(S(=O)(=O)Nc3ccccc3Cl)c2)c1. The third kappa shape index (κ3) is 4.90. The highest BCUT2D eigenvalue weighted by Gasteiger charge is 2.20. The molecule has 0 atom stereocenters. The van der Waals surface area contributed by atoms with Crippen molar-refractivity contribution in [3.05, 3.63) is 82.9 Å². The number of rotatable bonds is 6. The van der Waals surface area contributed by atoms with Gasteiger partial charge < -0.3 is 0 Å². The number of para-hydroxylation sites is 1. The number of sulfonamides is 2. The summed E-state index contributed by atoms with van der Waals surface area (Å²) in [7, 11) is -7.84. The first kappa shape index (κ1) is 21.2. The van der Waals surface area contributed by atoms with Gasteiger partial charge in [0, 0.05) is 0 Å². The molecule has 2 N–H and O–H groups in total. The fourth-order valence-corrected chi connectivity index (χ4v) is 5.43. The zero-order valence-corrected chi connectivity index (χ0v) is 18.1. The maximum absolute atomic E-state index is 12.8. The molecular formula is C20H19ClN2O4S2. The third-order valence-corrected chi connectivity index (χ3v) is 7.36. The first-order chi connectivity index (χ1) is 13.6. The highest BCUT2D eigenvalue weighted by molar-refractivity contribution is 7.93. The van der Waals surface area contributed by atoms with Crippen LogP contribution in [0.3, 0.4) is 0 Å². The Morgan fingerprint density at radius 2 is 1.48 bits per heavy atom. The van der Waals surface area contributed by atoms with Crippen LogP contribution in [0, 0.1) is 13.8 Å². The Kier molecular flexibility index (Phi) is 5.88. The van der Waals surface area contributed by atoms with Gasteiger partial charge >= 0.3 is 0 Å². The molecule has 3 rings (SSSR count). The van der Waals surface area contributed by atoms with E-state index in [1.807, 2.05) is 6.07 Å². The standard InChI is InChI=1S/C20H19ClN2O4S2/c1-14-10-11-15(2)20(12-14)29(26,27)22-16-6-5-7-17(13-16)28(24,25)23-19-9-4-3-8-18(19)21/h3-13,22-23H,1-2H3. The second kappa shape index (κ2) is 8.06. The zero-order chi connectivity index (χ0) is 21.2. The molecule has 0 fully saturated rings. The van der Waals surface area contributed by atoms with E-state index in [0.29, 0.717) is 5.56 Å². The van der Waals surface area contributed by atoms with Crippen LogP contribution >= 0.6 is 11.6 Å². The molecule has 3 aromatic carbocycles. The molecule has 0 spiro atoms. The van der Waals surface area contributed by atoms with Crippen molar-refractivity contribution in [1.29, 1.82) is 0 Å². The van der Waals surface area contributed by atoms with E-state index < -0.39 is 20.0 Å². The molecule has 9 heteroatoms. The lowest BCUT2D eigenvalue weighted by Gasteiger charge is -2.13. The molecule has 0 radical (unpaired) electrons. The van der Waals surface area contributed by atoms with Crippen molar-refractivity contribution in [2.75, 3.05) is 9.44 Å². The number of aryl methyl sites for hydroxylation is 2. The molecular weight excluding hydrogens is 432 g/mol. The van der Waals surface area contributed by atoms with Gasteiger partial charge in [-0.15, -0.1) is 0 Å². The number of halogens is 1. The Morgan fingerprint density at radius 3 is 2.21 bits per heavy atom. The lowest BCUT2D eigenvalue weighted by molar-refractivity contribution is 0.598. The minimum Gasteiger partial charge on any atom is -0.280 e. The Morgan fingerprint density at radius 1 is 0.759 bits per heavy atom. The average Bonchev–Trinajstić information content (AvgIpc) is 2.65. The molecule has 3 aromatic rings. The number of nitrogens with one attached hydrogen (secondary N) is 2. The molecule has 0 aromatic heterocycles. The van der Waals surface area contributed by atoms with E-state index in [2.05, 4.69) is 9.44 Å². The van der Waals surface area contributed by atoms with Crippen LogP contribution in [0.4, 0.5) is 11.4 Å². The summed E-state index contributed by atoms with van der Waals surface area (Å²) in [6, 6.07) is 17.1. The van der Waals surface area contributed by atoms with Crippen molar-refractivity contribution in [3.63, 3.8) is 0 Å². The fraction of sp³-hybridized carbons (Fsp3) is 0.100. The smallest absolute Gasteiger partial charge is 0.262 e. The monoisotopic (exact) mass is 450 g/mol. The molecule has 0 aliphatic rings. The zero-order valence-electron chi connectivity index (χ0n) is 15.7. The summed E-state index contributed by atoms with van der Waals surface area (Å²) in [5.74, 6) is 0. The van der Waals surface area contributed by atoms with Crippen molar-refractivity contribution in [2.45, 2.75) is 23.6 Å². The fourth-order valence-electron chi connectivity index (χ4n) is 2.68. The molecule has 0 aliphatic heterocycles. The molecule has 0 saturated carbocycles. The van der Waals surface area contributed by atoms with E-state index in [-0.39, 0.29) is 26.2 Å². The predicted octanol–water partition coefficient (Wildman–Crippen LogP) is 4.56. The summed E-state index contributed by atoms with van der Waals surface area (Å²) >= 11 is 6.01. The number of benzene rings is 3. The number of hydrogen-bond acceptors (Lipinski definition) is 4. The van der Waals surface area contributed by atoms with E-state index in [1.165, 1.54) is 30.3 Å². The van der Waals surface area contributed by atoms with Crippen LogP contribution in [0.2, 0.25) is 5.02 Å². The quantitative estimate of drug-likeness (QED) is 0.575. The summed E-state index contributed by atoms with van der Waals surface area (Å²) in [6.45, 7) is 3.49. The van der Waals surface area contributed by atoms with Crippen LogP contribution in [-0.4, -0.2) is 16.8 Å². The molecule has 6 nitrogen and oxygen atoms in total. The second-order valence-corrected chi connectivity index (χ2v) is 10.2. The van der Waals surface area contributed by atoms with Gasteiger partial charge in [0.25, 0.3) is 20.0 Å². The van der Waals surface area contributed by atoms with Gasteiger partial charge in [-0.1, -0.05) is 41.9 Å². The predicted molar refractivity (Wildman–Crippen MR) is 115 cm³/mol. The highest BCUT2D eigenvalue weighted by Crippen LogP contribution is 2.26. The van der Waals surface area contributed by atoms with Crippen molar-refractivity contribution in [3.8, 4) is 0 Å². The largest absolute Gasteiger partial charge is 0.280 e. The second-order valence-electron chi connectivity index (χ2n) is 6.49. The lowest BCUT2D eigenvalue weighted by atomic mass is 10.2. The first-order valence-electron chi connectivity index (χ1n) is 8.56. The van der Waals surface area contributed by atoms with Crippen molar-refractivity contribution >= 4 is 43.0 Å². The molecule has 29 heavy (non-hydrogen) atoms. The van der Waals surface area contributed by atoms with Gasteiger partial charge in [-0.3, -0.25) is 9.44 Å². The van der Waals surface area contributed by atoms with Crippen molar-refractivity contribution < 1.29 is 16.8 Å². The normalized spacial score (nSPS) is 11.8. The highest BCUT2D eigenvalue weighted by atomic mass is 35.5. The van der Waals surface area contributed by atoms with Crippen LogP contribution in [0.5, 0.6) is 0 Å². The average molecular weight is 451 g/mol. The maximum atomic E-state index is 12.8. The maximum Gasteiger partial charge on any atom is 0.262 e. The van der Waals surface area contributed by atoms with Crippen molar-refractivity contribution in [2.24, 2.45) is 0 Å². The Hall–Kier alpha value is -2.55. The van der Waals surface area contributed by atoms with E-state index >= 15 is 0 Å². The van der Waals surface area contributed by atoms with Gasteiger partial charge in [0.15, 0.2) is 0 Å². The van der Waals surface area contributed by atoms with E-state index in [9.17, 15) is 16.8 Å². The minimum absolute atomic E-state index is 0.0985. The summed E-state index contributed by atoms with van der Waals surface area (Å²) in [5, 5.41) is 0.253. The molecule has 152 valence electrons. The molecule has 0 heterocycles. The van der Waals surface area contributed by atoms with E-state index in [0.717, 1.165) is 5.56 Å². The van der Waals surface area contributed by atoms with Crippen LogP contribution in [0.1, 0.15) is 11.1 Å². The summed E-state index contributed by atoms with van der Waals surface area (Å²) in [4.78, 5) is 0.0403. The molecule has 0 amide bonds. The van der Waals surface area contributed by atoms with Crippen LogP contribution < -0.4 is 9.44 Å². The lowest BCUT2D eigenvalue weighted by Crippen LogP contribution is -2.16. The van der Waals surface area contributed by atoms with E-state index in [4.69, 9.17) is 11.6 Å². The van der Waals surface area contributed by atoms with Crippen LogP contribution in [0.15, 0.2) is 76.5 Å². The molecule has 0 bridgehead atoms. The Bertz CT molecular complexity index is 1270. The molecule has 0 aliphatic carbocycles. The summed E-state index contributed by atoms with van der Waals surface area (Å²) in [5.41, 5.74) is 1.76. The van der Waals surface area contributed by atoms with Gasteiger partial charge in [0.2, 0.25) is 0 Å². The first-order valence-corrected chi connectivity index (χ1v) is 11.9. The van der Waals surface area contributed by atoms with Gasteiger partial charge in [-0.2, -0.15) is 0 Å². The van der Waals surface area contributed by atoms with Gasteiger partial charge in [0.1, 0.15) is 0 Å². The Labute approximate surface area is 175 Å². The van der Waals surface area contributed by atoms with Gasteiger partial charge in [-0.25, -0.2) is 16.8 Å². The topological polar surface area (TPSA) is 92.3 Å². The third-order valence-electron chi connectivity index (χ3n) is 4.15. The van der Waals surface area contributed by atoms with Gasteiger partial charge in [0.05, 0.1) is 26.2 Å². The van der Waals surface area contributed by atoms with Crippen LogP contribution in [-0.2, 0) is 20.0 Å². The van der Waals surface area contributed by atoms with E-state index in [1.54, 1.807) is 44.2 Å². The minimum atomic E-state index is -3.96. The Balaban J connectivity index is 1.91. The number of hydrogen-bond donors (Lipinski definition) is 2. The van der Waals surface area contributed by atoms with Crippen molar-refractivity contribution in [1.82, 2.24) is 0 Å². The summed E-state index contributed by atoms with van der Waals surface area (Å²) < 4.78 is 55.8.